The van der Waals surface area contributed by atoms with E-state index in [1.807, 2.05) is 0 Å². The van der Waals surface area contributed by atoms with Gasteiger partial charge in [0.25, 0.3) is 0 Å². The normalized spacial score (nSPS) is 43.2. The molecule has 1 saturated carbocycles. The largest absolute Gasteiger partial charge is 0.380 e. The van der Waals surface area contributed by atoms with Gasteiger partial charge in [-0.15, -0.1) is 0 Å². The van der Waals surface area contributed by atoms with E-state index in [4.69, 9.17) is 10.5 Å². The van der Waals surface area contributed by atoms with Crippen molar-refractivity contribution >= 4 is 0 Å². The van der Waals surface area contributed by atoms with Crippen LogP contribution in [0.4, 0.5) is 0 Å². The number of likely N-dealkylation sites (N-methyl/N-ethyl adjacent to an activating group) is 1. The number of hydrogen-bond acceptors (Lipinski definition) is 3. The Morgan fingerprint density at radius 1 is 1.29 bits per heavy atom. The summed E-state index contributed by atoms with van der Waals surface area (Å²) < 4.78 is 5.52. The van der Waals surface area contributed by atoms with Crippen molar-refractivity contribution in [2.24, 2.45) is 17.6 Å². The van der Waals surface area contributed by atoms with Crippen molar-refractivity contribution in [1.29, 1.82) is 0 Å². The summed E-state index contributed by atoms with van der Waals surface area (Å²) in [5.41, 5.74) is 6.36. The number of nitrogens with zero attached hydrogens (tertiary/aromatic N) is 1. The van der Waals surface area contributed by atoms with Crippen LogP contribution in [-0.4, -0.2) is 43.3 Å². The first kappa shape index (κ1) is 13.3. The van der Waals surface area contributed by atoms with E-state index >= 15 is 0 Å². The van der Waals surface area contributed by atoms with Gasteiger partial charge in [-0.2, -0.15) is 0 Å². The van der Waals surface area contributed by atoms with E-state index in [9.17, 15) is 0 Å². The van der Waals surface area contributed by atoms with Gasteiger partial charge in [0.15, 0.2) is 0 Å². The Balaban J connectivity index is 2.07. The van der Waals surface area contributed by atoms with E-state index in [0.29, 0.717) is 6.04 Å². The van der Waals surface area contributed by atoms with Gasteiger partial charge in [-0.1, -0.05) is 13.8 Å². The Kier molecular flexibility index (Phi) is 4.11. The molecule has 1 aliphatic carbocycles. The fourth-order valence-corrected chi connectivity index (χ4v) is 3.55. The Morgan fingerprint density at radius 3 is 2.59 bits per heavy atom. The number of nitrogens with two attached hydrogens (primary N) is 1. The van der Waals surface area contributed by atoms with Gasteiger partial charge in [0.05, 0.1) is 6.61 Å². The molecule has 2 N–H and O–H groups in total. The number of ether oxygens (including phenoxy) is 1. The lowest BCUT2D eigenvalue weighted by Gasteiger charge is -2.50. The summed E-state index contributed by atoms with van der Waals surface area (Å²) in [4.78, 5) is 2.54. The molecule has 2 aliphatic rings. The molecule has 0 aromatic rings. The van der Waals surface area contributed by atoms with Crippen LogP contribution in [0.3, 0.4) is 0 Å². The lowest BCUT2D eigenvalue weighted by atomic mass is 9.70. The van der Waals surface area contributed by atoms with Crippen molar-refractivity contribution in [2.45, 2.75) is 51.1 Å². The van der Waals surface area contributed by atoms with Crippen molar-refractivity contribution < 1.29 is 4.74 Å². The third kappa shape index (κ3) is 2.51. The minimum Gasteiger partial charge on any atom is -0.380 e. The van der Waals surface area contributed by atoms with Crippen LogP contribution >= 0.6 is 0 Å². The van der Waals surface area contributed by atoms with E-state index in [2.05, 4.69) is 25.8 Å². The van der Waals surface area contributed by atoms with Crippen molar-refractivity contribution in [3.63, 3.8) is 0 Å². The highest BCUT2D eigenvalue weighted by Crippen LogP contribution is 2.40. The zero-order valence-corrected chi connectivity index (χ0v) is 11.6. The van der Waals surface area contributed by atoms with Gasteiger partial charge in [0.1, 0.15) is 0 Å². The molecule has 3 nitrogen and oxygen atoms in total. The molecule has 0 aromatic heterocycles. The first-order chi connectivity index (χ1) is 8.09. The highest BCUT2D eigenvalue weighted by Gasteiger charge is 2.42. The van der Waals surface area contributed by atoms with Crippen LogP contribution in [0, 0.1) is 11.8 Å². The third-order valence-electron chi connectivity index (χ3n) is 5.32. The first-order valence-electron chi connectivity index (χ1n) is 7.10. The quantitative estimate of drug-likeness (QED) is 0.818. The maximum Gasteiger partial charge on any atom is 0.0622 e. The molecule has 0 aromatic carbocycles. The van der Waals surface area contributed by atoms with E-state index in [-0.39, 0.29) is 5.54 Å². The molecule has 17 heavy (non-hydrogen) atoms. The Labute approximate surface area is 106 Å². The Bertz CT molecular complexity index is 253. The third-order valence-corrected chi connectivity index (χ3v) is 5.32. The monoisotopic (exact) mass is 240 g/mol. The van der Waals surface area contributed by atoms with Gasteiger partial charge < -0.3 is 10.5 Å². The van der Waals surface area contributed by atoms with Gasteiger partial charge in [-0.3, -0.25) is 4.90 Å². The van der Waals surface area contributed by atoms with Gasteiger partial charge in [0.2, 0.25) is 0 Å². The smallest absolute Gasteiger partial charge is 0.0622 e. The lowest BCUT2D eigenvalue weighted by molar-refractivity contribution is 0.00760. The summed E-state index contributed by atoms with van der Waals surface area (Å²) >= 11 is 0. The average molecular weight is 240 g/mol. The second-order valence-corrected chi connectivity index (χ2v) is 6.25. The second-order valence-electron chi connectivity index (χ2n) is 6.25. The molecule has 1 saturated heterocycles. The summed E-state index contributed by atoms with van der Waals surface area (Å²) in [6, 6.07) is 0.583. The van der Waals surface area contributed by atoms with Crippen LogP contribution in [-0.2, 0) is 4.74 Å². The van der Waals surface area contributed by atoms with Crippen LogP contribution in [0.5, 0.6) is 0 Å². The molecule has 0 bridgehead atoms. The molecule has 2 fully saturated rings. The van der Waals surface area contributed by atoms with Crippen molar-refractivity contribution in [3.8, 4) is 0 Å². The molecular formula is C14H28N2O. The first-order valence-corrected chi connectivity index (χ1v) is 7.10. The number of hydrogen-bond donors (Lipinski definition) is 1. The zero-order valence-electron chi connectivity index (χ0n) is 11.6. The van der Waals surface area contributed by atoms with Gasteiger partial charge in [0, 0.05) is 24.7 Å². The molecule has 3 heteroatoms. The summed E-state index contributed by atoms with van der Waals surface area (Å²) in [6.07, 6.45) is 4.98. The van der Waals surface area contributed by atoms with Gasteiger partial charge in [-0.25, -0.2) is 0 Å². The zero-order chi connectivity index (χ0) is 12.5. The van der Waals surface area contributed by atoms with E-state index in [0.717, 1.165) is 31.6 Å². The van der Waals surface area contributed by atoms with Gasteiger partial charge in [-0.05, 0) is 44.6 Å². The molecule has 100 valence electrons. The van der Waals surface area contributed by atoms with Gasteiger partial charge >= 0.3 is 0 Å². The molecule has 0 spiro atoms. The van der Waals surface area contributed by atoms with Crippen LogP contribution in [0.2, 0.25) is 0 Å². The fraction of sp³-hybridized carbons (Fsp3) is 1.00. The van der Waals surface area contributed by atoms with E-state index in [1.165, 1.54) is 25.7 Å². The van der Waals surface area contributed by atoms with E-state index in [1.54, 1.807) is 0 Å². The highest BCUT2D eigenvalue weighted by atomic mass is 16.5. The topological polar surface area (TPSA) is 38.5 Å². The molecular weight excluding hydrogens is 212 g/mol. The van der Waals surface area contributed by atoms with Crippen LogP contribution in [0.25, 0.3) is 0 Å². The SMILES string of the molecule is CC1CCC(CN)(N(C)C2CCOC2)CC1C. The predicted molar refractivity (Wildman–Crippen MR) is 71.0 cm³/mol. The lowest BCUT2D eigenvalue weighted by Crippen LogP contribution is -2.59. The standard InChI is InChI=1S/C14H28N2O/c1-11-4-6-14(10-15,8-12(11)2)16(3)13-5-7-17-9-13/h11-13H,4-10,15H2,1-3H3. The molecule has 0 amide bonds. The second kappa shape index (κ2) is 5.25. The number of rotatable bonds is 3. The molecule has 1 heterocycles. The minimum atomic E-state index is 0.226. The maximum atomic E-state index is 6.13. The fourth-order valence-electron chi connectivity index (χ4n) is 3.55. The maximum absolute atomic E-state index is 6.13. The molecule has 2 rings (SSSR count). The van der Waals surface area contributed by atoms with Crippen molar-refractivity contribution in [2.75, 3.05) is 26.8 Å². The average Bonchev–Trinajstić information content (AvgIpc) is 2.85. The molecule has 1 aliphatic heterocycles. The molecule has 0 radical (unpaired) electrons. The van der Waals surface area contributed by atoms with Crippen LogP contribution in [0.1, 0.15) is 39.5 Å². The minimum absolute atomic E-state index is 0.226. The molecule has 4 unspecified atom stereocenters. The highest BCUT2D eigenvalue weighted by molar-refractivity contribution is 4.98. The summed E-state index contributed by atoms with van der Waals surface area (Å²) in [7, 11) is 2.26. The van der Waals surface area contributed by atoms with Crippen molar-refractivity contribution in [1.82, 2.24) is 4.90 Å². The predicted octanol–water partition coefficient (Wildman–Crippen LogP) is 1.86. The summed E-state index contributed by atoms with van der Waals surface area (Å²) in [5.74, 6) is 1.64. The van der Waals surface area contributed by atoms with Crippen LogP contribution in [0.15, 0.2) is 0 Å². The van der Waals surface area contributed by atoms with Crippen molar-refractivity contribution in [3.05, 3.63) is 0 Å². The Morgan fingerprint density at radius 2 is 2.06 bits per heavy atom. The summed E-state index contributed by atoms with van der Waals surface area (Å²) in [5, 5.41) is 0. The Hall–Kier alpha value is -0.120. The molecule has 4 atom stereocenters. The summed E-state index contributed by atoms with van der Waals surface area (Å²) in [6.45, 7) is 7.36. The van der Waals surface area contributed by atoms with E-state index < -0.39 is 0 Å². The van der Waals surface area contributed by atoms with Crippen LogP contribution < -0.4 is 5.73 Å².